The normalized spacial score (nSPS) is 16.1. The van der Waals surface area contributed by atoms with Crippen LogP contribution in [0.5, 0.6) is 0 Å². The van der Waals surface area contributed by atoms with Crippen LogP contribution in [-0.4, -0.2) is 41.9 Å². The number of nitrogens with zero attached hydrogens (tertiary/aromatic N) is 6. The Bertz CT molecular complexity index is 1480. The lowest BCUT2D eigenvalue weighted by Gasteiger charge is -2.33. The molecular weight excluding hydrogens is 457 g/mol. The highest BCUT2D eigenvalue weighted by Gasteiger charge is 2.38. The lowest BCUT2D eigenvalue weighted by atomic mass is 9.95. The van der Waals surface area contributed by atoms with E-state index < -0.39 is 11.9 Å². The monoisotopic (exact) mass is 482 g/mol. The van der Waals surface area contributed by atoms with Gasteiger partial charge in [-0.15, -0.1) is 0 Å². The quantitative estimate of drug-likeness (QED) is 0.413. The third kappa shape index (κ3) is 3.77. The van der Waals surface area contributed by atoms with E-state index in [1.54, 1.807) is 16.6 Å². The van der Waals surface area contributed by atoms with E-state index in [1.165, 1.54) is 11.7 Å². The van der Waals surface area contributed by atoms with Gasteiger partial charge in [0, 0.05) is 37.3 Å². The first kappa shape index (κ1) is 23.1. The van der Waals surface area contributed by atoms with Gasteiger partial charge in [0.1, 0.15) is 0 Å². The Kier molecular flexibility index (Phi) is 5.23. The molecule has 7 nitrogen and oxygen atoms in total. The van der Waals surface area contributed by atoms with Crippen LogP contribution in [0, 0.1) is 13.8 Å². The smallest absolute Gasteiger partial charge is 0.330 e. The number of hydrogen-bond donors (Lipinski definition) is 0. The molecular formula is C25H25F3N6O. The Morgan fingerprint density at radius 2 is 1.80 bits per heavy atom. The molecule has 0 unspecified atom stereocenters. The van der Waals surface area contributed by atoms with E-state index in [4.69, 9.17) is 0 Å². The number of aryl methyl sites for hydroxylation is 4. The molecule has 0 fully saturated rings. The van der Waals surface area contributed by atoms with Gasteiger partial charge in [-0.3, -0.25) is 19.1 Å². The van der Waals surface area contributed by atoms with E-state index in [0.717, 1.165) is 33.8 Å². The Hall–Kier alpha value is -3.69. The standard InChI is InChI=1S/C25H25F3N6O/c1-13-6-7-19-17(10-13)18(11-14(2)29-19)24(35)34-9-8-16-22(15(34)3)31-33(5)23(16)20-12-21(25(26,27)28)30-32(20)4/h6-7,10-12,15H,8-9H2,1-5H3/t15-/m0/s1. The van der Waals surface area contributed by atoms with Gasteiger partial charge in [-0.05, 0) is 51.5 Å². The zero-order valence-corrected chi connectivity index (χ0v) is 20.1. The van der Waals surface area contributed by atoms with Crippen LogP contribution < -0.4 is 0 Å². The number of alkyl halides is 3. The van der Waals surface area contributed by atoms with Crippen molar-refractivity contribution in [3.05, 3.63) is 64.1 Å². The van der Waals surface area contributed by atoms with Crippen molar-refractivity contribution in [1.29, 1.82) is 0 Å². The fraction of sp³-hybridized carbons (Fsp3) is 0.360. The first-order valence-corrected chi connectivity index (χ1v) is 11.3. The van der Waals surface area contributed by atoms with Crippen LogP contribution in [0.25, 0.3) is 22.3 Å². The Labute approximate surface area is 200 Å². The average molecular weight is 483 g/mol. The van der Waals surface area contributed by atoms with Gasteiger partial charge in [-0.1, -0.05) is 11.6 Å². The lowest BCUT2D eigenvalue weighted by Crippen LogP contribution is -2.39. The molecule has 0 bridgehead atoms. The lowest BCUT2D eigenvalue weighted by molar-refractivity contribution is -0.141. The molecule has 0 aliphatic carbocycles. The van der Waals surface area contributed by atoms with Gasteiger partial charge in [0.25, 0.3) is 5.91 Å². The molecule has 10 heteroatoms. The number of carbonyl (C=O) groups is 1. The molecule has 0 saturated carbocycles. The zero-order chi connectivity index (χ0) is 25.2. The van der Waals surface area contributed by atoms with Gasteiger partial charge in [0.2, 0.25) is 0 Å². The molecule has 1 atom stereocenters. The zero-order valence-electron chi connectivity index (χ0n) is 20.1. The van der Waals surface area contributed by atoms with Gasteiger partial charge in [0.15, 0.2) is 5.69 Å². The summed E-state index contributed by atoms with van der Waals surface area (Å²) in [5, 5.41) is 9.08. The number of amides is 1. The summed E-state index contributed by atoms with van der Waals surface area (Å²) < 4.78 is 42.5. The van der Waals surface area contributed by atoms with Crippen LogP contribution >= 0.6 is 0 Å². The summed E-state index contributed by atoms with van der Waals surface area (Å²) in [6.07, 6.45) is -4.06. The van der Waals surface area contributed by atoms with Crippen LogP contribution in [-0.2, 0) is 26.7 Å². The van der Waals surface area contributed by atoms with Crippen LogP contribution in [0.2, 0.25) is 0 Å². The average Bonchev–Trinajstić information content (AvgIpc) is 3.32. The molecule has 35 heavy (non-hydrogen) atoms. The van der Waals surface area contributed by atoms with Crippen LogP contribution in [0.1, 0.15) is 51.5 Å². The van der Waals surface area contributed by atoms with E-state index >= 15 is 0 Å². The first-order valence-electron chi connectivity index (χ1n) is 11.3. The molecule has 182 valence electrons. The highest BCUT2D eigenvalue weighted by Crippen LogP contribution is 2.38. The molecule has 3 aromatic heterocycles. The molecule has 1 amide bonds. The van der Waals surface area contributed by atoms with E-state index in [1.807, 2.05) is 45.0 Å². The largest absolute Gasteiger partial charge is 0.435 e. The summed E-state index contributed by atoms with van der Waals surface area (Å²) in [7, 11) is 3.19. The number of halogens is 3. The van der Waals surface area contributed by atoms with E-state index in [9.17, 15) is 18.0 Å². The Morgan fingerprint density at radius 3 is 2.49 bits per heavy atom. The fourth-order valence-electron chi connectivity index (χ4n) is 4.97. The highest BCUT2D eigenvalue weighted by molar-refractivity contribution is 6.06. The van der Waals surface area contributed by atoms with Crippen molar-refractivity contribution in [1.82, 2.24) is 29.4 Å². The minimum absolute atomic E-state index is 0.114. The van der Waals surface area contributed by atoms with E-state index in [0.29, 0.717) is 35.6 Å². The Balaban J connectivity index is 1.55. The van der Waals surface area contributed by atoms with Crippen molar-refractivity contribution in [3.8, 4) is 11.4 Å². The van der Waals surface area contributed by atoms with Gasteiger partial charge in [0.05, 0.1) is 34.2 Å². The number of benzene rings is 1. The Morgan fingerprint density at radius 1 is 1.06 bits per heavy atom. The molecule has 0 N–H and O–H groups in total. The minimum atomic E-state index is -4.53. The van der Waals surface area contributed by atoms with Crippen LogP contribution in [0.4, 0.5) is 13.2 Å². The number of carbonyl (C=O) groups excluding carboxylic acids is 1. The summed E-state index contributed by atoms with van der Waals surface area (Å²) in [5.74, 6) is -0.114. The van der Waals surface area contributed by atoms with E-state index in [-0.39, 0.29) is 11.9 Å². The topological polar surface area (TPSA) is 68.8 Å². The molecule has 1 aliphatic heterocycles. The summed E-state index contributed by atoms with van der Waals surface area (Å²) in [4.78, 5) is 20.1. The molecule has 4 aromatic rings. The predicted octanol–water partition coefficient (Wildman–Crippen LogP) is 4.76. The van der Waals surface area contributed by atoms with Crippen molar-refractivity contribution >= 4 is 16.8 Å². The summed E-state index contributed by atoms with van der Waals surface area (Å²) in [5.41, 5.74) is 4.65. The maximum Gasteiger partial charge on any atom is 0.435 e. The maximum atomic E-state index is 13.8. The molecule has 0 saturated heterocycles. The molecule has 1 aliphatic rings. The second kappa shape index (κ2) is 7.93. The van der Waals surface area contributed by atoms with Crippen molar-refractivity contribution in [3.63, 3.8) is 0 Å². The molecule has 5 rings (SSSR count). The van der Waals surface area contributed by atoms with Gasteiger partial charge >= 0.3 is 6.18 Å². The summed E-state index contributed by atoms with van der Waals surface area (Å²) >= 11 is 0. The molecule has 0 spiro atoms. The number of pyridine rings is 1. The molecule has 0 radical (unpaired) electrons. The second-order valence-corrected chi connectivity index (χ2v) is 9.13. The van der Waals surface area contributed by atoms with Crippen LogP contribution in [0.15, 0.2) is 30.3 Å². The van der Waals surface area contributed by atoms with Gasteiger partial charge in [-0.25, -0.2) is 0 Å². The first-order chi connectivity index (χ1) is 16.5. The second-order valence-electron chi connectivity index (χ2n) is 9.13. The third-order valence-corrected chi connectivity index (χ3v) is 6.64. The third-order valence-electron chi connectivity index (χ3n) is 6.64. The predicted molar refractivity (Wildman–Crippen MR) is 125 cm³/mol. The van der Waals surface area contributed by atoms with Crippen molar-refractivity contribution in [2.24, 2.45) is 14.1 Å². The maximum absolute atomic E-state index is 13.8. The fourth-order valence-corrected chi connectivity index (χ4v) is 4.97. The highest BCUT2D eigenvalue weighted by atomic mass is 19.4. The summed E-state index contributed by atoms with van der Waals surface area (Å²) in [6, 6.07) is 8.36. The van der Waals surface area contributed by atoms with Gasteiger partial charge in [-0.2, -0.15) is 23.4 Å². The van der Waals surface area contributed by atoms with Crippen molar-refractivity contribution in [2.75, 3.05) is 6.54 Å². The number of rotatable bonds is 2. The van der Waals surface area contributed by atoms with E-state index in [2.05, 4.69) is 15.2 Å². The molecule has 4 heterocycles. The number of fused-ring (bicyclic) bond motifs is 2. The number of aromatic nitrogens is 5. The van der Waals surface area contributed by atoms with Crippen molar-refractivity contribution in [2.45, 2.75) is 39.4 Å². The molecule has 1 aromatic carbocycles. The minimum Gasteiger partial charge on any atom is -0.330 e. The SMILES string of the molecule is Cc1ccc2nc(C)cc(C(=O)N3CCc4c(nn(C)c4-c4cc(C(F)(F)F)nn4C)[C@@H]3C)c2c1. The summed E-state index contributed by atoms with van der Waals surface area (Å²) in [6.45, 7) is 6.16. The van der Waals surface area contributed by atoms with Crippen LogP contribution in [0.3, 0.4) is 0 Å². The van der Waals surface area contributed by atoms with Crippen molar-refractivity contribution < 1.29 is 18.0 Å². The number of hydrogen-bond acceptors (Lipinski definition) is 4. The van der Waals surface area contributed by atoms with Gasteiger partial charge < -0.3 is 4.90 Å².